The summed E-state index contributed by atoms with van der Waals surface area (Å²) in [5.74, 6) is 0.720. The van der Waals surface area contributed by atoms with Crippen molar-refractivity contribution in [1.29, 1.82) is 0 Å². The molecule has 164 valence electrons. The Bertz CT molecular complexity index is 1130. The monoisotopic (exact) mass is 437 g/mol. The Hall–Kier alpha value is -2.60. The SMILES string of the molecule is Cn1nc(C2CC2)cc1CCCCCNc1cccc(-c2ccc(S(C)(=O)=O)cc2)c1. The Morgan fingerprint density at radius 2 is 1.77 bits per heavy atom. The molecule has 31 heavy (non-hydrogen) atoms. The lowest BCUT2D eigenvalue weighted by molar-refractivity contribution is 0.602. The first-order valence-corrected chi connectivity index (χ1v) is 13.0. The average molecular weight is 438 g/mol. The van der Waals surface area contributed by atoms with Crippen LogP contribution in [0.3, 0.4) is 0 Å². The van der Waals surface area contributed by atoms with Gasteiger partial charge in [-0.25, -0.2) is 8.42 Å². The molecule has 6 heteroatoms. The van der Waals surface area contributed by atoms with Crippen molar-refractivity contribution in [3.8, 4) is 11.1 Å². The molecule has 5 nitrogen and oxygen atoms in total. The van der Waals surface area contributed by atoms with E-state index in [1.54, 1.807) is 12.1 Å². The van der Waals surface area contributed by atoms with E-state index in [2.05, 4.69) is 40.3 Å². The van der Waals surface area contributed by atoms with Crippen LogP contribution >= 0.6 is 0 Å². The summed E-state index contributed by atoms with van der Waals surface area (Å²) in [6.45, 7) is 0.940. The quantitative estimate of drug-likeness (QED) is 0.443. The maximum atomic E-state index is 11.6. The molecule has 1 fully saturated rings. The molecular weight excluding hydrogens is 406 g/mol. The topological polar surface area (TPSA) is 64.0 Å². The number of benzene rings is 2. The third-order valence-electron chi connectivity index (χ3n) is 5.91. The molecule has 4 rings (SSSR count). The van der Waals surface area contributed by atoms with Crippen LogP contribution in [0.4, 0.5) is 5.69 Å². The van der Waals surface area contributed by atoms with Gasteiger partial charge in [0.2, 0.25) is 0 Å². The standard InChI is InChI=1S/C25H31N3O2S/c1-28-23(18-25(27-28)20-10-11-20)9-4-3-5-16-26-22-8-6-7-21(17-22)19-12-14-24(15-13-19)31(2,29)30/h6-8,12-15,17-18,20,26H,3-5,9-11,16H2,1-2H3. The third-order valence-corrected chi connectivity index (χ3v) is 7.04. The minimum absolute atomic E-state index is 0.348. The second-order valence-corrected chi connectivity index (χ2v) is 10.6. The van der Waals surface area contributed by atoms with Gasteiger partial charge in [-0.1, -0.05) is 30.7 Å². The molecule has 1 aliphatic carbocycles. The van der Waals surface area contributed by atoms with Gasteiger partial charge in [0.05, 0.1) is 10.6 Å². The van der Waals surface area contributed by atoms with Crippen molar-refractivity contribution in [2.24, 2.45) is 7.05 Å². The third kappa shape index (κ3) is 5.76. The molecule has 1 heterocycles. The molecule has 0 spiro atoms. The maximum absolute atomic E-state index is 11.6. The summed E-state index contributed by atoms with van der Waals surface area (Å²) in [5.41, 5.74) is 5.81. The van der Waals surface area contributed by atoms with E-state index in [0.29, 0.717) is 4.90 Å². The van der Waals surface area contributed by atoms with Crippen molar-refractivity contribution in [1.82, 2.24) is 9.78 Å². The van der Waals surface area contributed by atoms with E-state index in [1.807, 2.05) is 24.3 Å². The summed E-state index contributed by atoms with van der Waals surface area (Å²) >= 11 is 0. The highest BCUT2D eigenvalue weighted by Crippen LogP contribution is 2.39. The number of aromatic nitrogens is 2. The van der Waals surface area contributed by atoms with E-state index in [4.69, 9.17) is 0 Å². The lowest BCUT2D eigenvalue weighted by Gasteiger charge is -2.09. The van der Waals surface area contributed by atoms with E-state index < -0.39 is 9.84 Å². The lowest BCUT2D eigenvalue weighted by Crippen LogP contribution is -2.02. The summed E-state index contributed by atoms with van der Waals surface area (Å²) in [7, 11) is -1.11. The Balaban J connectivity index is 1.23. The van der Waals surface area contributed by atoms with Gasteiger partial charge in [-0.15, -0.1) is 0 Å². The summed E-state index contributed by atoms with van der Waals surface area (Å²) in [6, 6.07) is 17.6. The second-order valence-electron chi connectivity index (χ2n) is 8.57. The molecule has 1 aliphatic rings. The molecule has 0 radical (unpaired) electrons. The average Bonchev–Trinajstić information content (AvgIpc) is 3.54. The molecule has 0 saturated heterocycles. The van der Waals surface area contributed by atoms with Gasteiger partial charge in [-0.2, -0.15) is 5.10 Å². The van der Waals surface area contributed by atoms with Crippen LogP contribution in [-0.2, 0) is 23.3 Å². The van der Waals surface area contributed by atoms with E-state index in [0.717, 1.165) is 42.1 Å². The van der Waals surface area contributed by atoms with Crippen LogP contribution in [0, 0.1) is 0 Å². The molecule has 0 aliphatic heterocycles. The van der Waals surface area contributed by atoms with Crippen molar-refractivity contribution < 1.29 is 8.42 Å². The van der Waals surface area contributed by atoms with Crippen molar-refractivity contribution >= 4 is 15.5 Å². The molecule has 1 N–H and O–H groups in total. The molecule has 0 unspecified atom stereocenters. The first-order chi connectivity index (χ1) is 14.9. The van der Waals surface area contributed by atoms with Crippen LogP contribution in [0.5, 0.6) is 0 Å². The Labute approximate surface area is 185 Å². The number of unbranched alkanes of at least 4 members (excludes halogenated alkanes) is 2. The fraction of sp³-hybridized carbons (Fsp3) is 0.400. The lowest BCUT2D eigenvalue weighted by atomic mass is 10.1. The van der Waals surface area contributed by atoms with Crippen molar-refractivity contribution in [2.75, 3.05) is 18.1 Å². The van der Waals surface area contributed by atoms with Gasteiger partial charge in [0, 0.05) is 37.1 Å². The molecular formula is C25H31N3O2S. The summed E-state index contributed by atoms with van der Waals surface area (Å²) in [4.78, 5) is 0.348. The maximum Gasteiger partial charge on any atom is 0.175 e. The Morgan fingerprint density at radius 3 is 2.48 bits per heavy atom. The Morgan fingerprint density at radius 1 is 1.00 bits per heavy atom. The van der Waals surface area contributed by atoms with E-state index in [-0.39, 0.29) is 0 Å². The minimum atomic E-state index is -3.17. The normalized spacial score (nSPS) is 14.0. The number of rotatable bonds is 10. The first-order valence-electron chi connectivity index (χ1n) is 11.1. The molecule has 3 aromatic rings. The molecule has 1 saturated carbocycles. The fourth-order valence-electron chi connectivity index (χ4n) is 3.89. The predicted molar refractivity (Wildman–Crippen MR) is 126 cm³/mol. The fourth-order valence-corrected chi connectivity index (χ4v) is 4.52. The zero-order valence-electron chi connectivity index (χ0n) is 18.3. The summed E-state index contributed by atoms with van der Waals surface area (Å²) in [5, 5.41) is 8.17. The van der Waals surface area contributed by atoms with Gasteiger partial charge in [-0.3, -0.25) is 4.68 Å². The number of nitrogens with zero attached hydrogens (tertiary/aromatic N) is 2. The number of nitrogens with one attached hydrogen (secondary N) is 1. The highest BCUT2D eigenvalue weighted by molar-refractivity contribution is 7.90. The summed E-state index contributed by atoms with van der Waals surface area (Å²) < 4.78 is 25.3. The predicted octanol–water partition coefficient (Wildman–Crippen LogP) is 5.19. The molecule has 0 bridgehead atoms. The zero-order chi connectivity index (χ0) is 21.8. The second kappa shape index (κ2) is 9.27. The largest absolute Gasteiger partial charge is 0.385 e. The smallest absolute Gasteiger partial charge is 0.175 e. The number of hydrogen-bond acceptors (Lipinski definition) is 4. The van der Waals surface area contributed by atoms with E-state index >= 15 is 0 Å². The van der Waals surface area contributed by atoms with Crippen LogP contribution in [0.1, 0.15) is 49.4 Å². The highest BCUT2D eigenvalue weighted by atomic mass is 32.2. The minimum Gasteiger partial charge on any atom is -0.385 e. The van der Waals surface area contributed by atoms with Crippen LogP contribution in [0.15, 0.2) is 59.5 Å². The van der Waals surface area contributed by atoms with E-state index in [1.165, 1.54) is 43.3 Å². The van der Waals surface area contributed by atoms with Crippen LogP contribution in [0.2, 0.25) is 0 Å². The van der Waals surface area contributed by atoms with Crippen molar-refractivity contribution in [3.63, 3.8) is 0 Å². The highest BCUT2D eigenvalue weighted by Gasteiger charge is 2.26. The first kappa shape index (κ1) is 21.6. The van der Waals surface area contributed by atoms with Crippen LogP contribution in [0.25, 0.3) is 11.1 Å². The molecule has 2 aromatic carbocycles. The van der Waals surface area contributed by atoms with Crippen LogP contribution < -0.4 is 5.32 Å². The number of hydrogen-bond donors (Lipinski definition) is 1. The van der Waals surface area contributed by atoms with Gasteiger partial charge < -0.3 is 5.32 Å². The van der Waals surface area contributed by atoms with Gasteiger partial charge >= 0.3 is 0 Å². The molecule has 0 amide bonds. The number of sulfone groups is 1. The van der Waals surface area contributed by atoms with Crippen molar-refractivity contribution in [3.05, 3.63) is 66.0 Å². The van der Waals surface area contributed by atoms with Crippen molar-refractivity contribution in [2.45, 2.75) is 49.3 Å². The van der Waals surface area contributed by atoms with Gasteiger partial charge in [-0.05, 0) is 73.6 Å². The van der Waals surface area contributed by atoms with Crippen LogP contribution in [-0.4, -0.2) is 31.0 Å². The van der Waals surface area contributed by atoms with E-state index in [9.17, 15) is 8.42 Å². The van der Waals surface area contributed by atoms with Gasteiger partial charge in [0.25, 0.3) is 0 Å². The molecule has 1 aromatic heterocycles. The van der Waals surface area contributed by atoms with Gasteiger partial charge in [0.1, 0.15) is 0 Å². The number of aryl methyl sites for hydroxylation is 2. The van der Waals surface area contributed by atoms with Gasteiger partial charge in [0.15, 0.2) is 9.84 Å². The zero-order valence-corrected chi connectivity index (χ0v) is 19.2. The number of anilines is 1. The summed E-state index contributed by atoms with van der Waals surface area (Å²) in [6.07, 6.45) is 8.41. The Kier molecular flexibility index (Phi) is 6.46. The molecule has 0 atom stereocenters.